The summed E-state index contributed by atoms with van der Waals surface area (Å²) in [6, 6.07) is 7.65. The zero-order chi connectivity index (χ0) is 17.1. The quantitative estimate of drug-likeness (QED) is 0.650. The van der Waals surface area contributed by atoms with E-state index in [1.807, 2.05) is 38.4 Å². The second-order valence-corrected chi connectivity index (χ2v) is 5.99. The maximum atomic E-state index is 11.9. The first kappa shape index (κ1) is 16.3. The zero-order valence-electron chi connectivity index (χ0n) is 13.6. The van der Waals surface area contributed by atoms with Crippen molar-refractivity contribution in [2.24, 2.45) is 0 Å². The van der Waals surface area contributed by atoms with Crippen LogP contribution in [0.15, 0.2) is 48.8 Å². The number of anilines is 1. The second-order valence-electron chi connectivity index (χ2n) is 5.59. The highest BCUT2D eigenvalue weighted by molar-refractivity contribution is 6.34. The van der Waals surface area contributed by atoms with E-state index in [2.05, 4.69) is 21.4 Å². The number of benzene rings is 1. The van der Waals surface area contributed by atoms with E-state index >= 15 is 0 Å². The second kappa shape index (κ2) is 6.89. The van der Waals surface area contributed by atoms with E-state index < -0.39 is 0 Å². The molecule has 0 atom stereocenters. The molecule has 0 aliphatic heterocycles. The van der Waals surface area contributed by atoms with E-state index in [1.54, 1.807) is 12.1 Å². The molecule has 0 bridgehead atoms. The predicted octanol–water partition coefficient (Wildman–Crippen LogP) is 5.10. The number of fused-ring (bicyclic) bond motifs is 1. The molecule has 0 aliphatic rings. The molecular formula is C19H18ClN3O. The van der Waals surface area contributed by atoms with Crippen LogP contribution < -0.4 is 5.32 Å². The van der Waals surface area contributed by atoms with Gasteiger partial charge in [0.1, 0.15) is 5.65 Å². The van der Waals surface area contributed by atoms with Crippen molar-refractivity contribution in [1.29, 1.82) is 0 Å². The Bertz CT molecular complexity index is 928. The van der Waals surface area contributed by atoms with Gasteiger partial charge in [-0.15, -0.1) is 0 Å². The number of H-pyrrole nitrogens is 1. The number of nitrogens with zero attached hydrogens (tertiary/aromatic N) is 1. The number of aryl methyl sites for hydroxylation is 1. The number of carbonyl (C=O) groups is 1. The van der Waals surface area contributed by atoms with Crippen LogP contribution in [-0.4, -0.2) is 15.9 Å². The van der Waals surface area contributed by atoms with Gasteiger partial charge in [0.15, 0.2) is 0 Å². The summed E-state index contributed by atoms with van der Waals surface area (Å²) in [7, 11) is 0. The van der Waals surface area contributed by atoms with E-state index in [4.69, 9.17) is 11.6 Å². The summed E-state index contributed by atoms with van der Waals surface area (Å²) >= 11 is 6.21. The summed E-state index contributed by atoms with van der Waals surface area (Å²) < 4.78 is 0. The van der Waals surface area contributed by atoms with Crippen molar-refractivity contribution in [2.45, 2.75) is 20.3 Å². The number of nitrogens with one attached hydrogen (secondary N) is 2. The van der Waals surface area contributed by atoms with Crippen molar-refractivity contribution in [1.82, 2.24) is 9.97 Å². The first-order valence-electron chi connectivity index (χ1n) is 7.79. The Kier molecular flexibility index (Phi) is 4.67. The van der Waals surface area contributed by atoms with E-state index in [0.717, 1.165) is 34.1 Å². The first-order valence-corrected chi connectivity index (χ1v) is 8.17. The highest BCUT2D eigenvalue weighted by atomic mass is 35.5. The third-order valence-electron chi connectivity index (χ3n) is 3.80. The Morgan fingerprint density at radius 3 is 2.96 bits per heavy atom. The highest BCUT2D eigenvalue weighted by Crippen LogP contribution is 2.30. The van der Waals surface area contributed by atoms with E-state index in [0.29, 0.717) is 10.7 Å². The number of allylic oxidation sites excluding steroid dienone is 1. The van der Waals surface area contributed by atoms with E-state index in [9.17, 15) is 4.79 Å². The number of hydrogen-bond donors (Lipinski definition) is 2. The molecule has 2 N–H and O–H groups in total. The Morgan fingerprint density at radius 1 is 1.33 bits per heavy atom. The van der Waals surface area contributed by atoms with Crippen LogP contribution in [0.25, 0.3) is 22.2 Å². The van der Waals surface area contributed by atoms with Gasteiger partial charge in [-0.25, -0.2) is 4.98 Å². The van der Waals surface area contributed by atoms with Crippen LogP contribution in [0.5, 0.6) is 0 Å². The lowest BCUT2D eigenvalue weighted by Gasteiger charge is -2.09. The van der Waals surface area contributed by atoms with Crippen LogP contribution >= 0.6 is 11.6 Å². The Morgan fingerprint density at radius 2 is 2.17 bits per heavy atom. The van der Waals surface area contributed by atoms with Gasteiger partial charge in [0.2, 0.25) is 5.91 Å². The summed E-state index contributed by atoms with van der Waals surface area (Å²) in [5.74, 6) is -0.189. The molecule has 1 amide bonds. The molecule has 122 valence electrons. The molecule has 3 aromatic rings. The molecule has 2 aromatic heterocycles. The lowest BCUT2D eigenvalue weighted by atomic mass is 10.1. The fourth-order valence-electron chi connectivity index (χ4n) is 2.49. The Hall–Kier alpha value is -2.59. The molecule has 0 saturated heterocycles. The lowest BCUT2D eigenvalue weighted by molar-refractivity contribution is -0.111. The highest BCUT2D eigenvalue weighted by Gasteiger charge is 2.08. The monoisotopic (exact) mass is 339 g/mol. The van der Waals surface area contributed by atoms with Gasteiger partial charge in [0.05, 0.1) is 10.7 Å². The first-order chi connectivity index (χ1) is 11.6. The minimum atomic E-state index is -0.189. The number of carbonyl (C=O) groups excluding carboxylic acids is 1. The summed E-state index contributed by atoms with van der Waals surface area (Å²) in [5, 5.41) is 4.40. The molecular weight excluding hydrogens is 322 g/mol. The molecule has 0 fully saturated rings. The number of pyridine rings is 1. The van der Waals surface area contributed by atoms with Gasteiger partial charge in [-0.2, -0.15) is 0 Å². The van der Waals surface area contributed by atoms with Gasteiger partial charge >= 0.3 is 0 Å². The zero-order valence-corrected chi connectivity index (χ0v) is 14.3. The van der Waals surface area contributed by atoms with E-state index in [-0.39, 0.29) is 5.91 Å². The van der Waals surface area contributed by atoms with Crippen molar-refractivity contribution >= 4 is 34.2 Å². The summed E-state index contributed by atoms with van der Waals surface area (Å²) in [6.45, 7) is 4.02. The van der Waals surface area contributed by atoms with Gasteiger partial charge in [0.25, 0.3) is 0 Å². The molecule has 0 spiro atoms. The van der Waals surface area contributed by atoms with Crippen molar-refractivity contribution in [3.05, 3.63) is 59.4 Å². The largest absolute Gasteiger partial charge is 0.346 e. The molecule has 0 aliphatic carbocycles. The van der Waals surface area contributed by atoms with Crippen LogP contribution in [0.2, 0.25) is 5.02 Å². The summed E-state index contributed by atoms with van der Waals surface area (Å²) in [6.07, 6.45) is 7.88. The predicted molar refractivity (Wildman–Crippen MR) is 99.3 cm³/mol. The van der Waals surface area contributed by atoms with Gasteiger partial charge < -0.3 is 10.3 Å². The Labute approximate surface area is 145 Å². The number of rotatable bonds is 4. The molecule has 24 heavy (non-hydrogen) atoms. The summed E-state index contributed by atoms with van der Waals surface area (Å²) in [5.41, 5.74) is 4.52. The number of halogens is 1. The lowest BCUT2D eigenvalue weighted by Crippen LogP contribution is -2.08. The van der Waals surface area contributed by atoms with Crippen LogP contribution in [0, 0.1) is 6.92 Å². The summed E-state index contributed by atoms with van der Waals surface area (Å²) in [4.78, 5) is 19.5. The third kappa shape index (κ3) is 3.34. The minimum absolute atomic E-state index is 0.189. The molecule has 4 nitrogen and oxygen atoms in total. The number of hydrogen-bond acceptors (Lipinski definition) is 2. The SMILES string of the molecule is CCC=CC(=O)Nc1cc(-c2cnc3[nH]cc(C)c3c2)ccc1Cl. The van der Waals surface area contributed by atoms with Crippen molar-refractivity contribution in [3.8, 4) is 11.1 Å². The molecule has 0 unspecified atom stereocenters. The maximum Gasteiger partial charge on any atom is 0.248 e. The van der Waals surface area contributed by atoms with Gasteiger partial charge in [0, 0.05) is 23.3 Å². The fraction of sp³-hybridized carbons (Fsp3) is 0.158. The van der Waals surface area contributed by atoms with Crippen LogP contribution in [-0.2, 0) is 4.79 Å². The molecule has 2 heterocycles. The van der Waals surface area contributed by atoms with Crippen molar-refractivity contribution in [3.63, 3.8) is 0 Å². The minimum Gasteiger partial charge on any atom is -0.346 e. The molecule has 1 aromatic carbocycles. The standard InChI is InChI=1S/C19H18ClN3O/c1-3-4-5-18(24)23-17-9-13(6-7-16(17)20)14-8-15-12(2)10-21-19(15)22-11-14/h4-11H,3H2,1-2H3,(H,21,22)(H,23,24). The average Bonchev–Trinajstić information content (AvgIpc) is 2.95. The molecule has 3 rings (SSSR count). The van der Waals surface area contributed by atoms with Crippen LogP contribution in [0.1, 0.15) is 18.9 Å². The number of aromatic amines is 1. The van der Waals surface area contributed by atoms with Crippen molar-refractivity contribution < 1.29 is 4.79 Å². The van der Waals surface area contributed by atoms with Gasteiger partial charge in [-0.3, -0.25) is 4.79 Å². The fourth-order valence-corrected chi connectivity index (χ4v) is 2.66. The van der Waals surface area contributed by atoms with Gasteiger partial charge in [-0.1, -0.05) is 30.7 Å². The van der Waals surface area contributed by atoms with Crippen molar-refractivity contribution in [2.75, 3.05) is 5.32 Å². The van der Waals surface area contributed by atoms with Crippen LogP contribution in [0.4, 0.5) is 5.69 Å². The number of aromatic nitrogens is 2. The normalized spacial score (nSPS) is 11.3. The third-order valence-corrected chi connectivity index (χ3v) is 4.13. The Balaban J connectivity index is 1.95. The number of amides is 1. The molecule has 0 radical (unpaired) electrons. The maximum absolute atomic E-state index is 11.9. The van der Waals surface area contributed by atoms with Crippen LogP contribution in [0.3, 0.4) is 0 Å². The van der Waals surface area contributed by atoms with E-state index in [1.165, 1.54) is 6.08 Å². The average molecular weight is 340 g/mol. The smallest absolute Gasteiger partial charge is 0.248 e. The topological polar surface area (TPSA) is 57.8 Å². The van der Waals surface area contributed by atoms with Gasteiger partial charge in [-0.05, 0) is 48.7 Å². The molecule has 5 heteroatoms. The molecule has 0 saturated carbocycles.